The minimum Gasteiger partial charge on any atom is -0.493 e. The second-order valence-corrected chi connectivity index (χ2v) is 5.24. The quantitative estimate of drug-likeness (QED) is 0.842. The molecule has 132 valence electrons. The Bertz CT molecular complexity index is 820. The number of benzene rings is 2. The fourth-order valence-corrected chi connectivity index (χ4v) is 2.71. The van der Waals surface area contributed by atoms with E-state index in [0.29, 0.717) is 11.3 Å². The van der Waals surface area contributed by atoms with Gasteiger partial charge < -0.3 is 19.5 Å². The highest BCUT2D eigenvalue weighted by atomic mass is 19.4. The standard InChI is InChI=1S/C17H14F3NO4/c1-23-12-8-7-9-13(14(12)24-2)16(22)25-15(9)21-11-6-4-3-5-10(11)17(18,19)20/h3-8,15,21H,1-2H3/t15-/m0/s1. The van der Waals surface area contributed by atoms with Crippen LogP contribution in [0.3, 0.4) is 0 Å². The summed E-state index contributed by atoms with van der Waals surface area (Å²) >= 11 is 0. The Morgan fingerprint density at radius 2 is 1.80 bits per heavy atom. The summed E-state index contributed by atoms with van der Waals surface area (Å²) in [5, 5.41) is 2.63. The Hall–Kier alpha value is -2.90. The number of hydrogen-bond donors (Lipinski definition) is 1. The van der Waals surface area contributed by atoms with E-state index < -0.39 is 23.9 Å². The average Bonchev–Trinajstić information content (AvgIpc) is 2.89. The van der Waals surface area contributed by atoms with Crippen molar-refractivity contribution in [2.45, 2.75) is 12.4 Å². The van der Waals surface area contributed by atoms with E-state index in [1.54, 1.807) is 12.1 Å². The van der Waals surface area contributed by atoms with Gasteiger partial charge in [-0.15, -0.1) is 0 Å². The van der Waals surface area contributed by atoms with Crippen LogP contribution in [0.5, 0.6) is 11.5 Å². The summed E-state index contributed by atoms with van der Waals surface area (Å²) in [6.07, 6.45) is -5.60. The Labute approximate surface area is 141 Å². The Morgan fingerprint density at radius 3 is 2.44 bits per heavy atom. The summed E-state index contributed by atoms with van der Waals surface area (Å²) in [6, 6.07) is 8.09. The van der Waals surface area contributed by atoms with Crippen molar-refractivity contribution in [3.05, 3.63) is 53.1 Å². The molecule has 0 bridgehead atoms. The van der Waals surface area contributed by atoms with Crippen LogP contribution < -0.4 is 14.8 Å². The summed E-state index contributed by atoms with van der Waals surface area (Å²) in [7, 11) is 2.78. The highest BCUT2D eigenvalue weighted by Gasteiger charge is 2.38. The molecule has 0 saturated carbocycles. The van der Waals surface area contributed by atoms with Crippen molar-refractivity contribution in [3.8, 4) is 11.5 Å². The number of fused-ring (bicyclic) bond motifs is 1. The lowest BCUT2D eigenvalue weighted by Crippen LogP contribution is -2.15. The maximum Gasteiger partial charge on any atom is 0.418 e. The topological polar surface area (TPSA) is 56.8 Å². The zero-order chi connectivity index (χ0) is 18.2. The van der Waals surface area contributed by atoms with Gasteiger partial charge in [0.25, 0.3) is 0 Å². The number of anilines is 1. The molecule has 5 nitrogen and oxygen atoms in total. The maximum atomic E-state index is 13.1. The molecule has 1 N–H and O–H groups in total. The van der Waals surface area contributed by atoms with Gasteiger partial charge in [-0.3, -0.25) is 0 Å². The first kappa shape index (κ1) is 16.9. The molecule has 1 heterocycles. The van der Waals surface area contributed by atoms with E-state index in [2.05, 4.69) is 5.32 Å². The molecule has 0 radical (unpaired) electrons. The van der Waals surface area contributed by atoms with Crippen molar-refractivity contribution in [1.29, 1.82) is 0 Å². The summed E-state index contributed by atoms with van der Waals surface area (Å²) in [5.41, 5.74) is -0.529. The Balaban J connectivity index is 2.01. The van der Waals surface area contributed by atoms with Crippen LogP contribution >= 0.6 is 0 Å². The van der Waals surface area contributed by atoms with E-state index in [4.69, 9.17) is 14.2 Å². The second-order valence-electron chi connectivity index (χ2n) is 5.24. The van der Waals surface area contributed by atoms with E-state index in [-0.39, 0.29) is 17.0 Å². The molecule has 25 heavy (non-hydrogen) atoms. The first-order valence-electron chi connectivity index (χ1n) is 7.25. The second kappa shape index (κ2) is 6.19. The molecule has 3 rings (SSSR count). The molecule has 2 aromatic carbocycles. The minimum atomic E-state index is -4.54. The number of carbonyl (C=O) groups is 1. The highest BCUT2D eigenvalue weighted by Crippen LogP contribution is 2.43. The third-order valence-electron chi connectivity index (χ3n) is 3.81. The molecule has 0 aliphatic carbocycles. The van der Waals surface area contributed by atoms with Gasteiger partial charge in [-0.1, -0.05) is 12.1 Å². The zero-order valence-electron chi connectivity index (χ0n) is 13.3. The lowest BCUT2D eigenvalue weighted by Gasteiger charge is -2.18. The fraction of sp³-hybridized carbons (Fsp3) is 0.235. The zero-order valence-corrected chi connectivity index (χ0v) is 13.3. The van der Waals surface area contributed by atoms with Gasteiger partial charge in [0.15, 0.2) is 11.5 Å². The molecule has 0 spiro atoms. The number of rotatable bonds is 4. The van der Waals surface area contributed by atoms with Crippen molar-refractivity contribution in [1.82, 2.24) is 0 Å². The number of alkyl halides is 3. The normalized spacial score (nSPS) is 16.2. The number of halogens is 3. The summed E-state index contributed by atoms with van der Waals surface area (Å²) in [4.78, 5) is 12.2. The van der Waals surface area contributed by atoms with Crippen LogP contribution in [0.25, 0.3) is 0 Å². The van der Waals surface area contributed by atoms with Crippen LogP contribution in [0.2, 0.25) is 0 Å². The van der Waals surface area contributed by atoms with Gasteiger partial charge in [0.2, 0.25) is 6.23 Å². The number of methoxy groups -OCH3 is 2. The third kappa shape index (κ3) is 2.95. The van der Waals surface area contributed by atoms with Gasteiger partial charge in [-0.2, -0.15) is 13.2 Å². The molecule has 1 aliphatic heterocycles. The molecule has 0 saturated heterocycles. The average molecular weight is 353 g/mol. The Morgan fingerprint density at radius 1 is 1.08 bits per heavy atom. The van der Waals surface area contributed by atoms with Crippen LogP contribution in [-0.2, 0) is 10.9 Å². The van der Waals surface area contributed by atoms with Gasteiger partial charge in [0, 0.05) is 11.3 Å². The fourth-order valence-electron chi connectivity index (χ4n) is 2.71. The molecule has 0 fully saturated rings. The van der Waals surface area contributed by atoms with Gasteiger partial charge in [0.05, 0.1) is 19.8 Å². The largest absolute Gasteiger partial charge is 0.493 e. The number of nitrogens with one attached hydrogen (secondary N) is 1. The van der Waals surface area contributed by atoms with Crippen LogP contribution in [-0.4, -0.2) is 20.2 Å². The maximum absolute atomic E-state index is 13.1. The van der Waals surface area contributed by atoms with Crippen molar-refractivity contribution >= 4 is 11.7 Å². The predicted octanol–water partition coefficient (Wildman–Crippen LogP) is 4.00. The number of esters is 1. The lowest BCUT2D eigenvalue weighted by atomic mass is 10.1. The van der Waals surface area contributed by atoms with E-state index >= 15 is 0 Å². The molecule has 1 aliphatic rings. The molecule has 0 aromatic heterocycles. The lowest BCUT2D eigenvalue weighted by molar-refractivity contribution is -0.137. The molecular weight excluding hydrogens is 339 g/mol. The van der Waals surface area contributed by atoms with Gasteiger partial charge in [-0.25, -0.2) is 4.79 Å². The first-order valence-corrected chi connectivity index (χ1v) is 7.25. The van der Waals surface area contributed by atoms with E-state index in [1.807, 2.05) is 0 Å². The summed E-state index contributed by atoms with van der Waals surface area (Å²) < 4.78 is 54.9. The smallest absolute Gasteiger partial charge is 0.418 e. The monoisotopic (exact) mass is 353 g/mol. The molecule has 0 unspecified atom stereocenters. The van der Waals surface area contributed by atoms with Crippen molar-refractivity contribution < 1.29 is 32.2 Å². The number of carbonyl (C=O) groups excluding carboxylic acids is 1. The van der Waals surface area contributed by atoms with E-state index in [9.17, 15) is 18.0 Å². The molecule has 2 aromatic rings. The van der Waals surface area contributed by atoms with E-state index in [0.717, 1.165) is 6.07 Å². The highest BCUT2D eigenvalue weighted by molar-refractivity contribution is 5.98. The number of cyclic esters (lactones) is 1. The molecular formula is C17H14F3NO4. The summed E-state index contributed by atoms with van der Waals surface area (Å²) in [5.74, 6) is -0.194. The SMILES string of the molecule is COc1ccc2c(c1OC)C(=O)O[C@@H]2Nc1ccccc1C(F)(F)F. The third-order valence-corrected chi connectivity index (χ3v) is 3.81. The van der Waals surface area contributed by atoms with E-state index in [1.165, 1.54) is 32.4 Å². The number of ether oxygens (including phenoxy) is 3. The minimum absolute atomic E-state index is 0.129. The Kier molecular flexibility index (Phi) is 4.20. The molecule has 0 amide bonds. The number of para-hydroxylation sites is 1. The predicted molar refractivity (Wildman–Crippen MR) is 82.8 cm³/mol. The summed E-state index contributed by atoms with van der Waals surface area (Å²) in [6.45, 7) is 0. The molecule has 1 atom stereocenters. The van der Waals surface area contributed by atoms with Crippen molar-refractivity contribution in [2.24, 2.45) is 0 Å². The van der Waals surface area contributed by atoms with Gasteiger partial charge in [-0.05, 0) is 24.3 Å². The van der Waals surface area contributed by atoms with Crippen molar-refractivity contribution in [3.63, 3.8) is 0 Å². The van der Waals surface area contributed by atoms with Gasteiger partial charge in [0.1, 0.15) is 5.56 Å². The molecule has 8 heteroatoms. The van der Waals surface area contributed by atoms with Crippen LogP contribution in [0.4, 0.5) is 18.9 Å². The van der Waals surface area contributed by atoms with Crippen LogP contribution in [0, 0.1) is 0 Å². The van der Waals surface area contributed by atoms with Gasteiger partial charge >= 0.3 is 12.1 Å². The van der Waals surface area contributed by atoms with Crippen LogP contribution in [0.15, 0.2) is 36.4 Å². The van der Waals surface area contributed by atoms with Crippen molar-refractivity contribution in [2.75, 3.05) is 19.5 Å². The van der Waals surface area contributed by atoms with Crippen LogP contribution in [0.1, 0.15) is 27.7 Å². The number of hydrogen-bond acceptors (Lipinski definition) is 5. The first-order chi connectivity index (χ1) is 11.9.